The van der Waals surface area contributed by atoms with Crippen LogP contribution in [0.15, 0.2) is 36.4 Å². The maximum absolute atomic E-state index is 6.02. The lowest BCUT2D eigenvalue weighted by Crippen LogP contribution is -2.36. The largest absolute Gasteiger partial charge is 0.381 e. The molecule has 1 fully saturated rings. The summed E-state index contributed by atoms with van der Waals surface area (Å²) in [7, 11) is 0. The Morgan fingerprint density at radius 2 is 1.95 bits per heavy atom. The first-order valence-electron chi connectivity index (χ1n) is 7.03. The Kier molecular flexibility index (Phi) is 5.06. The first-order chi connectivity index (χ1) is 9.23. The minimum Gasteiger partial charge on any atom is -0.381 e. The predicted molar refractivity (Wildman–Crippen MR) is 81.5 cm³/mol. The Morgan fingerprint density at radius 3 is 2.47 bits per heavy atom. The Morgan fingerprint density at radius 1 is 1.32 bits per heavy atom. The maximum Gasteiger partial charge on any atom is 0.0469 e. The fourth-order valence-electron chi connectivity index (χ4n) is 3.26. The van der Waals surface area contributed by atoms with E-state index in [0.717, 1.165) is 37.5 Å². The second-order valence-corrected chi connectivity index (χ2v) is 5.63. The molecule has 2 heteroatoms. The molecule has 1 radical (unpaired) electrons. The normalized spacial score (nSPS) is 20.6. The van der Waals surface area contributed by atoms with Crippen LogP contribution in [0.1, 0.15) is 31.7 Å². The fourth-order valence-corrected chi connectivity index (χ4v) is 3.39. The number of hydrogen-bond donors (Lipinski definition) is 0. The lowest BCUT2D eigenvalue weighted by molar-refractivity contribution is 0.0450. The molecule has 103 valence electrons. The molecule has 1 aliphatic heterocycles. The van der Waals surface area contributed by atoms with Crippen molar-refractivity contribution in [3.63, 3.8) is 0 Å². The minimum atomic E-state index is 0.0656. The number of allylic oxidation sites excluding steroid dienone is 2. The van der Waals surface area contributed by atoms with Crippen molar-refractivity contribution in [2.24, 2.45) is 5.92 Å². The molecule has 0 amide bonds. The fraction of sp³-hybridized carbons (Fsp3) is 0.471. The monoisotopic (exact) mass is 277 g/mol. The minimum absolute atomic E-state index is 0.0656. The van der Waals surface area contributed by atoms with Gasteiger partial charge in [-0.15, -0.1) is 0 Å². The van der Waals surface area contributed by atoms with Crippen molar-refractivity contribution in [2.75, 3.05) is 13.2 Å². The molecule has 1 heterocycles. The van der Waals surface area contributed by atoms with E-state index in [1.165, 1.54) is 5.56 Å². The third kappa shape index (κ3) is 3.04. The summed E-state index contributed by atoms with van der Waals surface area (Å²) < 4.78 is 5.51. The Labute approximate surface area is 121 Å². The van der Waals surface area contributed by atoms with E-state index in [0.29, 0.717) is 5.92 Å². The maximum atomic E-state index is 6.02. The first kappa shape index (κ1) is 14.6. The molecular weight excluding hydrogens is 256 g/mol. The van der Waals surface area contributed by atoms with Gasteiger partial charge in [0.15, 0.2) is 0 Å². The van der Waals surface area contributed by atoms with E-state index >= 15 is 0 Å². The number of halogens is 1. The average Bonchev–Trinajstić information content (AvgIpc) is 2.47. The number of rotatable bonds is 4. The van der Waals surface area contributed by atoms with Crippen molar-refractivity contribution in [2.45, 2.75) is 31.6 Å². The highest BCUT2D eigenvalue weighted by atomic mass is 35.5. The highest BCUT2D eigenvalue weighted by Gasteiger charge is 2.37. The molecule has 0 N–H and O–H groups in total. The second-order valence-electron chi connectivity index (χ2n) is 5.19. The molecule has 1 aromatic carbocycles. The number of hydrogen-bond acceptors (Lipinski definition) is 1. The molecule has 0 bridgehead atoms. The zero-order chi connectivity index (χ0) is 13.7. The van der Waals surface area contributed by atoms with E-state index in [2.05, 4.69) is 32.1 Å². The van der Waals surface area contributed by atoms with Gasteiger partial charge >= 0.3 is 0 Å². The van der Waals surface area contributed by atoms with Crippen LogP contribution in [-0.2, 0) is 10.2 Å². The molecule has 0 aliphatic carbocycles. The van der Waals surface area contributed by atoms with Crippen LogP contribution in [0.4, 0.5) is 0 Å². The molecule has 1 nitrogen and oxygen atoms in total. The van der Waals surface area contributed by atoms with E-state index in [9.17, 15) is 0 Å². The van der Waals surface area contributed by atoms with Gasteiger partial charge < -0.3 is 4.74 Å². The van der Waals surface area contributed by atoms with E-state index < -0.39 is 0 Å². The van der Waals surface area contributed by atoms with Crippen molar-refractivity contribution in [3.05, 3.63) is 53.9 Å². The summed E-state index contributed by atoms with van der Waals surface area (Å²) in [6.45, 7) is 7.90. The average molecular weight is 278 g/mol. The van der Waals surface area contributed by atoms with Gasteiger partial charge in [-0.2, -0.15) is 0 Å². The summed E-state index contributed by atoms with van der Waals surface area (Å²) in [6, 6.07) is 8.28. The van der Waals surface area contributed by atoms with Gasteiger partial charge in [0, 0.05) is 23.7 Å². The molecule has 0 aromatic heterocycles. The van der Waals surface area contributed by atoms with Crippen LogP contribution in [0.3, 0.4) is 0 Å². The van der Waals surface area contributed by atoms with Crippen molar-refractivity contribution in [3.8, 4) is 0 Å². The quantitative estimate of drug-likeness (QED) is 0.768. The van der Waals surface area contributed by atoms with Gasteiger partial charge in [0.1, 0.15) is 0 Å². The molecule has 0 saturated carbocycles. The van der Waals surface area contributed by atoms with Crippen LogP contribution >= 0.6 is 11.6 Å². The summed E-state index contributed by atoms with van der Waals surface area (Å²) in [4.78, 5) is 0. The predicted octanol–water partition coefficient (Wildman–Crippen LogP) is 4.80. The Bertz CT molecular complexity index is 417. The Hall–Kier alpha value is -0.790. The van der Waals surface area contributed by atoms with Crippen LogP contribution < -0.4 is 0 Å². The smallest absolute Gasteiger partial charge is 0.0469 e. The lowest BCUT2D eigenvalue weighted by atomic mass is 9.65. The Balaban J connectivity index is 2.40. The summed E-state index contributed by atoms with van der Waals surface area (Å²) in [5.41, 5.74) is 1.40. The standard InChI is InChI=1S/C17H22ClO/c1-3-11-17(4-2,15-9-12-19-13-10-15)14-5-7-16(18)8-6-14/h3,5-8,11,15H,1,4,9-10,12-13H2,2H3. The zero-order valence-electron chi connectivity index (χ0n) is 11.6. The number of benzene rings is 1. The van der Waals surface area contributed by atoms with E-state index in [-0.39, 0.29) is 5.41 Å². The van der Waals surface area contributed by atoms with Gasteiger partial charge in [0.25, 0.3) is 0 Å². The molecule has 1 unspecified atom stereocenters. The van der Waals surface area contributed by atoms with Crippen LogP contribution in [0.2, 0.25) is 5.02 Å². The van der Waals surface area contributed by atoms with Gasteiger partial charge in [0.05, 0.1) is 0 Å². The van der Waals surface area contributed by atoms with E-state index in [1.54, 1.807) is 0 Å². The molecule has 0 spiro atoms. The first-order valence-corrected chi connectivity index (χ1v) is 7.41. The van der Waals surface area contributed by atoms with Crippen LogP contribution in [-0.4, -0.2) is 13.2 Å². The third-order valence-corrected chi connectivity index (χ3v) is 4.58. The number of ether oxygens (including phenoxy) is 1. The highest BCUT2D eigenvalue weighted by molar-refractivity contribution is 6.30. The zero-order valence-corrected chi connectivity index (χ0v) is 12.3. The SMILES string of the molecule is [CH2]C=CC(CC)(c1ccc(Cl)cc1)C1CCOCC1. The molecule has 2 rings (SSSR count). The topological polar surface area (TPSA) is 9.23 Å². The van der Waals surface area contributed by atoms with Crippen molar-refractivity contribution in [1.82, 2.24) is 0 Å². The molecule has 1 aromatic rings. The molecule has 1 atom stereocenters. The summed E-state index contributed by atoms with van der Waals surface area (Å²) in [5.74, 6) is 0.616. The molecule has 1 saturated heterocycles. The summed E-state index contributed by atoms with van der Waals surface area (Å²) in [6.07, 6.45) is 7.51. The van der Waals surface area contributed by atoms with Gasteiger partial charge in [0.2, 0.25) is 0 Å². The van der Waals surface area contributed by atoms with Crippen molar-refractivity contribution in [1.29, 1.82) is 0 Å². The van der Waals surface area contributed by atoms with Crippen LogP contribution in [0.25, 0.3) is 0 Å². The molecular formula is C17H22ClO. The third-order valence-electron chi connectivity index (χ3n) is 4.33. The lowest BCUT2D eigenvalue weighted by Gasteiger charge is -2.41. The van der Waals surface area contributed by atoms with E-state index in [4.69, 9.17) is 16.3 Å². The molecule has 19 heavy (non-hydrogen) atoms. The van der Waals surface area contributed by atoms with E-state index in [1.807, 2.05) is 18.2 Å². The second kappa shape index (κ2) is 6.58. The highest BCUT2D eigenvalue weighted by Crippen LogP contribution is 2.42. The van der Waals surface area contributed by atoms with Crippen molar-refractivity contribution >= 4 is 11.6 Å². The van der Waals surface area contributed by atoms with Crippen LogP contribution in [0.5, 0.6) is 0 Å². The summed E-state index contributed by atoms with van der Waals surface area (Å²) in [5, 5.41) is 0.791. The van der Waals surface area contributed by atoms with Crippen LogP contribution in [0, 0.1) is 12.8 Å². The van der Waals surface area contributed by atoms with Gasteiger partial charge in [-0.25, -0.2) is 0 Å². The molecule has 1 aliphatic rings. The van der Waals surface area contributed by atoms with Gasteiger partial charge in [-0.1, -0.05) is 42.8 Å². The van der Waals surface area contributed by atoms with Gasteiger partial charge in [-0.3, -0.25) is 0 Å². The van der Waals surface area contributed by atoms with Crippen molar-refractivity contribution < 1.29 is 4.74 Å². The van der Waals surface area contributed by atoms with Gasteiger partial charge in [-0.05, 0) is 49.8 Å². The summed E-state index contributed by atoms with van der Waals surface area (Å²) >= 11 is 6.02.